The second-order valence-electron chi connectivity index (χ2n) is 5.31. The first-order valence-electron chi connectivity index (χ1n) is 6.06. The smallest absolute Gasteiger partial charge is 0.0421 e. The first kappa shape index (κ1) is 9.86. The van der Waals surface area contributed by atoms with Gasteiger partial charge in [0.15, 0.2) is 0 Å². The van der Waals surface area contributed by atoms with E-state index in [9.17, 15) is 0 Å². The molecule has 82 valence electrons. The molecule has 4 atom stereocenters. The monoisotopic (exact) mass is 221 g/mol. The predicted octanol–water partition coefficient (Wildman–Crippen LogP) is 3.49. The molecule has 0 saturated heterocycles. The number of rotatable bonds is 2. The molecule has 1 aromatic rings. The number of aryl methyl sites for hydroxylation is 1. The Morgan fingerprint density at radius 3 is 2.73 bits per heavy atom. The maximum Gasteiger partial charge on any atom is 0.0421 e. The highest BCUT2D eigenvalue weighted by Gasteiger charge is 2.42. The van der Waals surface area contributed by atoms with E-state index < -0.39 is 0 Å². The summed E-state index contributed by atoms with van der Waals surface area (Å²) in [6.07, 6.45) is 5.76. The zero-order chi connectivity index (χ0) is 10.4. The fourth-order valence-corrected chi connectivity index (χ4v) is 4.53. The Kier molecular flexibility index (Phi) is 2.37. The van der Waals surface area contributed by atoms with Crippen LogP contribution in [-0.4, -0.2) is 0 Å². The van der Waals surface area contributed by atoms with Gasteiger partial charge in [-0.15, -0.1) is 11.3 Å². The molecule has 0 aliphatic heterocycles. The minimum absolute atomic E-state index is 0.319. The van der Waals surface area contributed by atoms with Crippen molar-refractivity contribution in [3.63, 3.8) is 0 Å². The molecule has 0 spiro atoms. The van der Waals surface area contributed by atoms with E-state index in [-0.39, 0.29) is 0 Å². The van der Waals surface area contributed by atoms with Crippen LogP contribution in [0.3, 0.4) is 0 Å². The van der Waals surface area contributed by atoms with E-state index in [1.54, 1.807) is 0 Å². The SMILES string of the molecule is Cc1ccc(C(N)C2CC3CCC2C3)s1. The zero-order valence-electron chi connectivity index (χ0n) is 9.28. The van der Waals surface area contributed by atoms with Crippen molar-refractivity contribution in [1.82, 2.24) is 0 Å². The van der Waals surface area contributed by atoms with Gasteiger partial charge >= 0.3 is 0 Å². The largest absolute Gasteiger partial charge is 0.323 e. The summed E-state index contributed by atoms with van der Waals surface area (Å²) in [6.45, 7) is 2.17. The van der Waals surface area contributed by atoms with Gasteiger partial charge in [0.2, 0.25) is 0 Å². The van der Waals surface area contributed by atoms with Crippen LogP contribution >= 0.6 is 11.3 Å². The fraction of sp³-hybridized carbons (Fsp3) is 0.692. The van der Waals surface area contributed by atoms with Crippen molar-refractivity contribution < 1.29 is 0 Å². The van der Waals surface area contributed by atoms with Crippen LogP contribution < -0.4 is 5.73 Å². The van der Waals surface area contributed by atoms with Gasteiger partial charge in [0.05, 0.1) is 0 Å². The van der Waals surface area contributed by atoms with Crippen LogP contribution in [0.15, 0.2) is 12.1 Å². The average molecular weight is 221 g/mol. The highest BCUT2D eigenvalue weighted by Crippen LogP contribution is 2.52. The molecule has 2 heteroatoms. The topological polar surface area (TPSA) is 26.0 Å². The summed E-state index contributed by atoms with van der Waals surface area (Å²) in [5.74, 6) is 2.72. The number of thiophene rings is 1. The van der Waals surface area contributed by atoms with E-state index in [2.05, 4.69) is 19.1 Å². The summed E-state index contributed by atoms with van der Waals surface area (Å²) in [5, 5.41) is 0. The van der Waals surface area contributed by atoms with Crippen molar-refractivity contribution in [1.29, 1.82) is 0 Å². The van der Waals surface area contributed by atoms with Crippen LogP contribution in [0.25, 0.3) is 0 Å². The van der Waals surface area contributed by atoms with E-state index in [1.165, 1.54) is 35.4 Å². The van der Waals surface area contributed by atoms with Gasteiger partial charge in [0.25, 0.3) is 0 Å². The van der Waals surface area contributed by atoms with Gasteiger partial charge in [-0.2, -0.15) is 0 Å². The molecule has 0 radical (unpaired) electrons. The molecule has 1 nitrogen and oxygen atoms in total. The molecule has 2 fully saturated rings. The molecule has 2 bridgehead atoms. The lowest BCUT2D eigenvalue weighted by atomic mass is 9.83. The lowest BCUT2D eigenvalue weighted by Crippen LogP contribution is -2.25. The van der Waals surface area contributed by atoms with Crippen LogP contribution in [0.1, 0.15) is 41.5 Å². The van der Waals surface area contributed by atoms with Gasteiger partial charge < -0.3 is 5.73 Å². The Morgan fingerprint density at radius 2 is 2.20 bits per heavy atom. The van der Waals surface area contributed by atoms with E-state index >= 15 is 0 Å². The summed E-state index contributed by atoms with van der Waals surface area (Å²) in [4.78, 5) is 2.80. The van der Waals surface area contributed by atoms with Crippen LogP contribution in [0.2, 0.25) is 0 Å². The molecular formula is C13H19NS. The van der Waals surface area contributed by atoms with Gasteiger partial charge in [-0.3, -0.25) is 0 Å². The average Bonchev–Trinajstić information content (AvgIpc) is 2.90. The first-order chi connectivity index (χ1) is 7.24. The molecule has 2 saturated carbocycles. The van der Waals surface area contributed by atoms with E-state index in [1.807, 2.05) is 11.3 Å². The minimum Gasteiger partial charge on any atom is -0.323 e. The second-order valence-corrected chi connectivity index (χ2v) is 6.63. The van der Waals surface area contributed by atoms with Crippen LogP contribution in [0, 0.1) is 24.7 Å². The molecule has 2 aliphatic rings. The molecule has 15 heavy (non-hydrogen) atoms. The van der Waals surface area contributed by atoms with E-state index in [0.29, 0.717) is 6.04 Å². The minimum atomic E-state index is 0.319. The fourth-order valence-electron chi connectivity index (χ4n) is 3.58. The van der Waals surface area contributed by atoms with Crippen LogP contribution in [-0.2, 0) is 0 Å². The molecular weight excluding hydrogens is 202 g/mol. The maximum atomic E-state index is 6.41. The lowest BCUT2D eigenvalue weighted by molar-refractivity contribution is 0.287. The van der Waals surface area contributed by atoms with Gasteiger partial charge in [-0.25, -0.2) is 0 Å². The third kappa shape index (κ3) is 1.64. The molecule has 1 aromatic heterocycles. The van der Waals surface area contributed by atoms with Crippen molar-refractivity contribution in [3.05, 3.63) is 21.9 Å². The van der Waals surface area contributed by atoms with Crippen molar-refractivity contribution in [2.45, 2.75) is 38.6 Å². The third-order valence-electron chi connectivity index (χ3n) is 4.34. The van der Waals surface area contributed by atoms with E-state index in [0.717, 1.165) is 17.8 Å². The Hall–Kier alpha value is -0.340. The van der Waals surface area contributed by atoms with Crippen molar-refractivity contribution in [2.24, 2.45) is 23.5 Å². The number of hydrogen-bond acceptors (Lipinski definition) is 2. The molecule has 0 amide bonds. The highest BCUT2D eigenvalue weighted by molar-refractivity contribution is 7.12. The molecule has 2 aliphatic carbocycles. The van der Waals surface area contributed by atoms with Crippen LogP contribution in [0.5, 0.6) is 0 Å². The van der Waals surface area contributed by atoms with Crippen molar-refractivity contribution >= 4 is 11.3 Å². The standard InChI is InChI=1S/C13H19NS/c1-8-2-5-12(15-8)13(14)11-7-9-3-4-10(11)6-9/h2,5,9-11,13H,3-4,6-7,14H2,1H3. The summed E-state index contributed by atoms with van der Waals surface area (Å²) in [5.41, 5.74) is 6.41. The Balaban J connectivity index is 1.77. The predicted molar refractivity (Wildman–Crippen MR) is 64.9 cm³/mol. The highest BCUT2D eigenvalue weighted by atomic mass is 32.1. The Bertz CT molecular complexity index is 357. The summed E-state index contributed by atoms with van der Waals surface area (Å²) < 4.78 is 0. The van der Waals surface area contributed by atoms with Gasteiger partial charge in [0.1, 0.15) is 0 Å². The van der Waals surface area contributed by atoms with Gasteiger partial charge in [0, 0.05) is 15.8 Å². The summed E-state index contributed by atoms with van der Waals surface area (Å²) in [6, 6.07) is 4.75. The third-order valence-corrected chi connectivity index (χ3v) is 5.45. The quantitative estimate of drug-likeness (QED) is 0.813. The summed E-state index contributed by atoms with van der Waals surface area (Å²) >= 11 is 1.89. The van der Waals surface area contributed by atoms with Crippen molar-refractivity contribution in [3.8, 4) is 0 Å². The summed E-state index contributed by atoms with van der Waals surface area (Å²) in [7, 11) is 0. The number of hydrogen-bond donors (Lipinski definition) is 1. The lowest BCUT2D eigenvalue weighted by Gasteiger charge is -2.26. The Labute approximate surface area is 95.7 Å². The molecule has 1 heterocycles. The van der Waals surface area contributed by atoms with Gasteiger partial charge in [-0.05, 0) is 56.1 Å². The number of fused-ring (bicyclic) bond motifs is 2. The Morgan fingerprint density at radius 1 is 1.33 bits per heavy atom. The molecule has 3 rings (SSSR count). The normalized spacial score (nSPS) is 36.0. The van der Waals surface area contributed by atoms with Gasteiger partial charge in [-0.1, -0.05) is 6.42 Å². The molecule has 0 aromatic carbocycles. The maximum absolute atomic E-state index is 6.41. The second kappa shape index (κ2) is 3.60. The van der Waals surface area contributed by atoms with Crippen molar-refractivity contribution in [2.75, 3.05) is 0 Å². The molecule has 4 unspecified atom stereocenters. The van der Waals surface area contributed by atoms with Crippen LogP contribution in [0.4, 0.5) is 0 Å². The first-order valence-corrected chi connectivity index (χ1v) is 6.87. The zero-order valence-corrected chi connectivity index (χ0v) is 10.1. The number of nitrogens with two attached hydrogens (primary N) is 1. The molecule has 2 N–H and O–H groups in total. The van der Waals surface area contributed by atoms with E-state index in [4.69, 9.17) is 5.73 Å².